The van der Waals surface area contributed by atoms with Gasteiger partial charge in [-0.2, -0.15) is 0 Å². The van der Waals surface area contributed by atoms with E-state index in [9.17, 15) is 15.3 Å². The van der Waals surface area contributed by atoms with Crippen LogP contribution in [0.2, 0.25) is 0 Å². The molecule has 0 saturated heterocycles. The first-order chi connectivity index (χ1) is 5.99. The number of hydrogen-bond acceptors (Lipinski definition) is 4. The highest BCUT2D eigenvalue weighted by atomic mass is 16.3. The van der Waals surface area contributed by atoms with E-state index in [2.05, 4.69) is 6.58 Å². The van der Waals surface area contributed by atoms with Crippen molar-refractivity contribution in [2.45, 2.75) is 38.8 Å². The smallest absolute Gasteiger partial charge is 0.106 e. The molecule has 13 heavy (non-hydrogen) atoms. The molecule has 0 saturated carbocycles. The SMILES string of the molecule is C=CCC(O)CN(C(C)O)C(C)O. The van der Waals surface area contributed by atoms with E-state index in [4.69, 9.17) is 0 Å². The van der Waals surface area contributed by atoms with E-state index in [-0.39, 0.29) is 6.54 Å². The predicted octanol–water partition coefficient (Wildman–Crippen LogP) is -0.0980. The summed E-state index contributed by atoms with van der Waals surface area (Å²) >= 11 is 0. The summed E-state index contributed by atoms with van der Waals surface area (Å²) in [4.78, 5) is 1.40. The van der Waals surface area contributed by atoms with Crippen LogP contribution in [0.5, 0.6) is 0 Å². The zero-order valence-corrected chi connectivity index (χ0v) is 8.22. The molecule has 0 heterocycles. The van der Waals surface area contributed by atoms with Crippen molar-refractivity contribution < 1.29 is 15.3 Å². The predicted molar refractivity (Wildman–Crippen MR) is 50.9 cm³/mol. The summed E-state index contributed by atoms with van der Waals surface area (Å²) in [6.45, 7) is 6.83. The number of aliphatic hydroxyl groups excluding tert-OH is 3. The Balaban J connectivity index is 4.01. The normalized spacial score (nSPS) is 18.3. The van der Waals surface area contributed by atoms with Gasteiger partial charge in [0.25, 0.3) is 0 Å². The lowest BCUT2D eigenvalue weighted by Crippen LogP contribution is -2.44. The summed E-state index contributed by atoms with van der Waals surface area (Å²) in [5.74, 6) is 0. The Labute approximate surface area is 79.1 Å². The van der Waals surface area contributed by atoms with Gasteiger partial charge in [0.1, 0.15) is 12.5 Å². The summed E-state index contributed by atoms with van der Waals surface area (Å²) in [6, 6.07) is 0. The maximum atomic E-state index is 9.38. The summed E-state index contributed by atoms with van der Waals surface area (Å²) < 4.78 is 0. The van der Waals surface area contributed by atoms with Crippen molar-refractivity contribution in [2.75, 3.05) is 6.54 Å². The Morgan fingerprint density at radius 3 is 2.00 bits per heavy atom. The summed E-state index contributed by atoms with van der Waals surface area (Å²) in [6.07, 6.45) is -0.0660. The Morgan fingerprint density at radius 2 is 1.69 bits per heavy atom. The van der Waals surface area contributed by atoms with Gasteiger partial charge in [-0.25, -0.2) is 0 Å². The highest BCUT2D eigenvalue weighted by Gasteiger charge is 2.18. The van der Waals surface area contributed by atoms with Crippen molar-refractivity contribution in [1.29, 1.82) is 0 Å². The topological polar surface area (TPSA) is 63.9 Å². The number of rotatable bonds is 6. The Bertz CT molecular complexity index is 140. The van der Waals surface area contributed by atoms with Crippen molar-refractivity contribution in [3.8, 4) is 0 Å². The van der Waals surface area contributed by atoms with E-state index in [0.29, 0.717) is 6.42 Å². The lowest BCUT2D eigenvalue weighted by atomic mass is 10.2. The van der Waals surface area contributed by atoms with Crippen LogP contribution in [-0.4, -0.2) is 45.3 Å². The lowest BCUT2D eigenvalue weighted by Gasteiger charge is -2.29. The van der Waals surface area contributed by atoms with Crippen LogP contribution in [-0.2, 0) is 0 Å². The monoisotopic (exact) mass is 189 g/mol. The molecule has 0 spiro atoms. The van der Waals surface area contributed by atoms with Crippen molar-refractivity contribution >= 4 is 0 Å². The van der Waals surface area contributed by atoms with Gasteiger partial charge in [0, 0.05) is 6.54 Å². The van der Waals surface area contributed by atoms with Gasteiger partial charge in [0.05, 0.1) is 6.10 Å². The van der Waals surface area contributed by atoms with E-state index < -0.39 is 18.6 Å². The molecule has 0 aromatic heterocycles. The molecule has 0 aromatic rings. The van der Waals surface area contributed by atoms with Crippen LogP contribution in [0, 0.1) is 0 Å². The third-order valence-corrected chi connectivity index (χ3v) is 1.82. The van der Waals surface area contributed by atoms with Crippen LogP contribution in [0.4, 0.5) is 0 Å². The van der Waals surface area contributed by atoms with Crippen LogP contribution in [0.1, 0.15) is 20.3 Å². The van der Waals surface area contributed by atoms with Gasteiger partial charge in [0.15, 0.2) is 0 Å². The Kier molecular flexibility index (Phi) is 5.90. The number of hydrogen-bond donors (Lipinski definition) is 3. The Hall–Kier alpha value is -0.420. The van der Waals surface area contributed by atoms with Crippen LogP contribution in [0.25, 0.3) is 0 Å². The second kappa shape index (κ2) is 6.10. The highest BCUT2D eigenvalue weighted by molar-refractivity contribution is 4.75. The summed E-state index contributed by atoms with van der Waals surface area (Å²) in [5.41, 5.74) is 0. The van der Waals surface area contributed by atoms with E-state index >= 15 is 0 Å². The third kappa shape index (κ3) is 5.00. The first kappa shape index (κ1) is 12.6. The van der Waals surface area contributed by atoms with Crippen molar-refractivity contribution in [3.05, 3.63) is 12.7 Å². The minimum absolute atomic E-state index is 0.237. The fourth-order valence-corrected chi connectivity index (χ4v) is 1.13. The van der Waals surface area contributed by atoms with Gasteiger partial charge < -0.3 is 15.3 Å². The minimum Gasteiger partial charge on any atom is -0.391 e. The lowest BCUT2D eigenvalue weighted by molar-refractivity contribution is -0.0999. The summed E-state index contributed by atoms with van der Waals surface area (Å²) in [5, 5.41) is 27.8. The number of nitrogens with zero attached hydrogens (tertiary/aromatic N) is 1. The van der Waals surface area contributed by atoms with Crippen LogP contribution >= 0.6 is 0 Å². The zero-order chi connectivity index (χ0) is 10.4. The molecule has 4 nitrogen and oxygen atoms in total. The van der Waals surface area contributed by atoms with E-state index in [1.54, 1.807) is 19.9 Å². The molecule has 0 aliphatic heterocycles. The maximum Gasteiger partial charge on any atom is 0.106 e. The second-order valence-electron chi connectivity index (χ2n) is 3.14. The third-order valence-electron chi connectivity index (χ3n) is 1.82. The molecule has 78 valence electrons. The second-order valence-corrected chi connectivity index (χ2v) is 3.14. The molecule has 0 aromatic carbocycles. The van der Waals surface area contributed by atoms with Gasteiger partial charge in [0.2, 0.25) is 0 Å². The van der Waals surface area contributed by atoms with Crippen molar-refractivity contribution in [3.63, 3.8) is 0 Å². The van der Waals surface area contributed by atoms with Gasteiger partial charge in [-0.15, -0.1) is 6.58 Å². The average molecular weight is 189 g/mol. The van der Waals surface area contributed by atoms with Crippen LogP contribution in [0.15, 0.2) is 12.7 Å². The van der Waals surface area contributed by atoms with E-state index in [1.807, 2.05) is 0 Å². The van der Waals surface area contributed by atoms with Crippen LogP contribution < -0.4 is 0 Å². The Morgan fingerprint density at radius 1 is 1.23 bits per heavy atom. The van der Waals surface area contributed by atoms with Gasteiger partial charge in [-0.3, -0.25) is 4.90 Å². The molecule has 0 radical (unpaired) electrons. The van der Waals surface area contributed by atoms with E-state index in [1.165, 1.54) is 4.90 Å². The molecule has 0 aliphatic rings. The molecule has 4 heteroatoms. The minimum atomic E-state index is -0.764. The largest absolute Gasteiger partial charge is 0.391 e. The molecule has 0 rings (SSSR count). The van der Waals surface area contributed by atoms with Crippen LogP contribution in [0.3, 0.4) is 0 Å². The molecule has 0 bridgehead atoms. The molecule has 0 amide bonds. The quantitative estimate of drug-likeness (QED) is 0.403. The first-order valence-electron chi connectivity index (χ1n) is 4.39. The van der Waals surface area contributed by atoms with Gasteiger partial charge >= 0.3 is 0 Å². The molecule has 3 N–H and O–H groups in total. The standard InChI is InChI=1S/C9H19NO3/c1-4-5-9(13)6-10(7(2)11)8(3)12/h4,7-9,11-13H,1,5-6H2,2-3H3. The fraction of sp³-hybridized carbons (Fsp3) is 0.778. The van der Waals surface area contributed by atoms with Crippen molar-refractivity contribution in [2.24, 2.45) is 0 Å². The maximum absolute atomic E-state index is 9.38. The van der Waals surface area contributed by atoms with E-state index in [0.717, 1.165) is 0 Å². The number of aliphatic hydroxyl groups is 3. The molecule has 0 aliphatic carbocycles. The first-order valence-corrected chi connectivity index (χ1v) is 4.39. The molecular formula is C9H19NO3. The molecule has 3 atom stereocenters. The summed E-state index contributed by atoms with van der Waals surface area (Å²) in [7, 11) is 0. The average Bonchev–Trinajstić information content (AvgIpc) is 1.99. The molecular weight excluding hydrogens is 170 g/mol. The van der Waals surface area contributed by atoms with Crippen molar-refractivity contribution in [1.82, 2.24) is 4.90 Å². The van der Waals surface area contributed by atoms with Gasteiger partial charge in [-0.05, 0) is 20.3 Å². The molecule has 0 fully saturated rings. The zero-order valence-electron chi connectivity index (χ0n) is 8.22. The van der Waals surface area contributed by atoms with Gasteiger partial charge in [-0.1, -0.05) is 6.08 Å². The highest BCUT2D eigenvalue weighted by Crippen LogP contribution is 2.04. The fourth-order valence-electron chi connectivity index (χ4n) is 1.13. The molecule has 3 unspecified atom stereocenters.